The molecule has 30 heavy (non-hydrogen) atoms. The second kappa shape index (κ2) is 8.55. The van der Waals surface area contributed by atoms with Gasteiger partial charge in [-0.05, 0) is 43.2 Å². The number of nitrogens with zero attached hydrogens (tertiary/aromatic N) is 1. The van der Waals surface area contributed by atoms with Crippen molar-refractivity contribution < 1.29 is 18.7 Å². The lowest BCUT2D eigenvalue weighted by Crippen LogP contribution is -2.40. The Bertz CT molecular complexity index is 1120. The predicted octanol–water partition coefficient (Wildman–Crippen LogP) is 4.17. The van der Waals surface area contributed by atoms with Crippen LogP contribution in [-0.2, 0) is 9.53 Å². The molecule has 1 aromatic heterocycles. The number of aryl methyl sites for hydroxylation is 2. The minimum Gasteiger partial charge on any atom is -0.449 e. The molecule has 6 heteroatoms. The summed E-state index contributed by atoms with van der Waals surface area (Å²) in [6.07, 6.45) is 3.25. The molecular weight excluding hydrogens is 380 g/mol. The molecule has 0 saturated carbocycles. The molecule has 6 nitrogen and oxygen atoms in total. The number of ether oxygens (including phenoxy) is 1. The lowest BCUT2D eigenvalue weighted by molar-refractivity contribution is -0.111. The standard InChI is InChI=1S/C24H24N2O4/c1-16-7-8-18(17(2)15-16)9-10-21(27)25-22-19-5-3-4-6-20(19)30-23(22)24(28)26-11-13-29-14-12-26/h3-10,15H,11-14H2,1-2H3,(H,25,27)/b10-9+. The van der Waals surface area contributed by atoms with Crippen LogP contribution in [0.1, 0.15) is 27.2 Å². The summed E-state index contributed by atoms with van der Waals surface area (Å²) in [5.74, 6) is -0.424. The molecule has 2 heterocycles. The third kappa shape index (κ3) is 4.14. The SMILES string of the molecule is Cc1ccc(/C=C/C(=O)Nc2c(C(=O)N3CCOCC3)oc3ccccc23)c(C)c1. The Hall–Kier alpha value is -3.38. The van der Waals surface area contributed by atoms with Crippen LogP contribution in [0.5, 0.6) is 0 Å². The van der Waals surface area contributed by atoms with Crippen molar-refractivity contribution in [2.24, 2.45) is 0 Å². The van der Waals surface area contributed by atoms with Gasteiger partial charge in [0.2, 0.25) is 11.7 Å². The van der Waals surface area contributed by atoms with Gasteiger partial charge in [-0.25, -0.2) is 0 Å². The highest BCUT2D eigenvalue weighted by Gasteiger charge is 2.27. The summed E-state index contributed by atoms with van der Waals surface area (Å²) in [4.78, 5) is 27.4. The number of para-hydroxylation sites is 1. The van der Waals surface area contributed by atoms with E-state index in [1.807, 2.05) is 44.2 Å². The second-order valence-electron chi connectivity index (χ2n) is 7.39. The van der Waals surface area contributed by atoms with Crippen molar-refractivity contribution in [1.29, 1.82) is 0 Å². The van der Waals surface area contributed by atoms with E-state index in [2.05, 4.69) is 11.4 Å². The van der Waals surface area contributed by atoms with Crippen molar-refractivity contribution in [3.63, 3.8) is 0 Å². The molecule has 1 aliphatic heterocycles. The van der Waals surface area contributed by atoms with Crippen LogP contribution >= 0.6 is 0 Å². The third-order valence-corrected chi connectivity index (χ3v) is 5.18. The number of hydrogen-bond donors (Lipinski definition) is 1. The van der Waals surface area contributed by atoms with Gasteiger partial charge in [-0.3, -0.25) is 9.59 Å². The number of hydrogen-bond acceptors (Lipinski definition) is 4. The molecule has 0 radical (unpaired) electrons. The van der Waals surface area contributed by atoms with Gasteiger partial charge < -0.3 is 19.4 Å². The molecule has 0 spiro atoms. The van der Waals surface area contributed by atoms with Crippen LogP contribution in [0.3, 0.4) is 0 Å². The summed E-state index contributed by atoms with van der Waals surface area (Å²) in [7, 11) is 0. The molecule has 0 aliphatic carbocycles. The number of benzene rings is 2. The molecule has 0 unspecified atom stereocenters. The lowest BCUT2D eigenvalue weighted by atomic mass is 10.1. The minimum absolute atomic E-state index is 0.145. The molecule has 3 aromatic rings. The molecule has 4 rings (SSSR count). The van der Waals surface area contributed by atoms with Crippen LogP contribution in [0.15, 0.2) is 53.0 Å². The normalized spacial score (nSPS) is 14.4. The number of anilines is 1. The highest BCUT2D eigenvalue weighted by Crippen LogP contribution is 2.32. The van der Waals surface area contributed by atoms with Gasteiger partial charge in [0.15, 0.2) is 0 Å². The number of furan rings is 1. The third-order valence-electron chi connectivity index (χ3n) is 5.18. The topological polar surface area (TPSA) is 71.8 Å². The molecule has 2 aromatic carbocycles. The van der Waals surface area contributed by atoms with Crippen molar-refractivity contribution in [1.82, 2.24) is 4.90 Å². The molecule has 1 saturated heterocycles. The zero-order valence-corrected chi connectivity index (χ0v) is 17.1. The molecule has 154 valence electrons. The Morgan fingerprint density at radius 1 is 1.07 bits per heavy atom. The quantitative estimate of drug-likeness (QED) is 0.663. The van der Waals surface area contributed by atoms with E-state index in [1.165, 1.54) is 11.6 Å². The predicted molar refractivity (Wildman–Crippen MR) is 117 cm³/mol. The number of nitrogens with one attached hydrogen (secondary N) is 1. The Morgan fingerprint density at radius 2 is 1.83 bits per heavy atom. The van der Waals surface area contributed by atoms with Gasteiger partial charge in [-0.1, -0.05) is 35.9 Å². The zero-order valence-electron chi connectivity index (χ0n) is 17.1. The number of amides is 2. The summed E-state index contributed by atoms with van der Waals surface area (Å²) in [6.45, 7) is 6.02. The maximum Gasteiger partial charge on any atom is 0.291 e. The van der Waals surface area contributed by atoms with E-state index >= 15 is 0 Å². The van der Waals surface area contributed by atoms with E-state index in [0.717, 1.165) is 11.1 Å². The molecule has 1 N–H and O–H groups in total. The van der Waals surface area contributed by atoms with E-state index in [1.54, 1.807) is 17.0 Å². The summed E-state index contributed by atoms with van der Waals surface area (Å²) >= 11 is 0. The molecule has 0 atom stereocenters. The Morgan fingerprint density at radius 3 is 2.60 bits per heavy atom. The first-order valence-corrected chi connectivity index (χ1v) is 9.98. The first-order valence-electron chi connectivity index (χ1n) is 9.98. The average molecular weight is 404 g/mol. The van der Waals surface area contributed by atoms with Crippen molar-refractivity contribution >= 4 is 34.5 Å². The maximum absolute atomic E-state index is 13.0. The van der Waals surface area contributed by atoms with Crippen LogP contribution in [0.4, 0.5) is 5.69 Å². The lowest BCUT2D eigenvalue weighted by Gasteiger charge is -2.26. The maximum atomic E-state index is 13.0. The number of carbonyl (C=O) groups is 2. The first kappa shape index (κ1) is 19.9. The van der Waals surface area contributed by atoms with Crippen LogP contribution in [0.2, 0.25) is 0 Å². The van der Waals surface area contributed by atoms with Crippen LogP contribution in [0.25, 0.3) is 17.0 Å². The van der Waals surface area contributed by atoms with Gasteiger partial charge in [0.25, 0.3) is 5.91 Å². The van der Waals surface area contributed by atoms with Crippen molar-refractivity contribution in [3.05, 3.63) is 71.0 Å². The Labute approximate surface area is 175 Å². The Kier molecular flexibility index (Phi) is 5.68. The fourth-order valence-corrected chi connectivity index (χ4v) is 3.57. The van der Waals surface area contributed by atoms with Gasteiger partial charge in [0.1, 0.15) is 11.3 Å². The minimum atomic E-state index is -0.322. The highest BCUT2D eigenvalue weighted by atomic mass is 16.5. The van der Waals surface area contributed by atoms with Gasteiger partial charge in [0, 0.05) is 24.6 Å². The van der Waals surface area contributed by atoms with E-state index < -0.39 is 0 Å². The number of morpholine rings is 1. The molecule has 1 fully saturated rings. The number of carbonyl (C=O) groups excluding carboxylic acids is 2. The van der Waals surface area contributed by atoms with Crippen LogP contribution < -0.4 is 5.32 Å². The average Bonchev–Trinajstić information content (AvgIpc) is 3.11. The summed E-state index contributed by atoms with van der Waals surface area (Å²) in [6, 6.07) is 13.4. The van der Waals surface area contributed by atoms with Crippen LogP contribution in [0, 0.1) is 13.8 Å². The Balaban J connectivity index is 1.61. The highest BCUT2D eigenvalue weighted by molar-refractivity contribution is 6.13. The molecular formula is C24H24N2O4. The largest absolute Gasteiger partial charge is 0.449 e. The van der Waals surface area contributed by atoms with E-state index in [4.69, 9.17) is 9.15 Å². The van der Waals surface area contributed by atoms with Crippen molar-refractivity contribution in [3.8, 4) is 0 Å². The van der Waals surface area contributed by atoms with Gasteiger partial charge in [0.05, 0.1) is 13.2 Å². The summed E-state index contributed by atoms with van der Waals surface area (Å²) < 4.78 is 11.2. The smallest absolute Gasteiger partial charge is 0.291 e. The first-order chi connectivity index (χ1) is 14.5. The summed E-state index contributed by atoms with van der Waals surface area (Å²) in [5, 5.41) is 3.55. The monoisotopic (exact) mass is 404 g/mol. The summed E-state index contributed by atoms with van der Waals surface area (Å²) in [5.41, 5.74) is 4.19. The fraction of sp³-hybridized carbons (Fsp3) is 0.250. The fourth-order valence-electron chi connectivity index (χ4n) is 3.57. The van der Waals surface area contributed by atoms with Gasteiger partial charge in [-0.2, -0.15) is 0 Å². The van der Waals surface area contributed by atoms with Gasteiger partial charge >= 0.3 is 0 Å². The van der Waals surface area contributed by atoms with Crippen molar-refractivity contribution in [2.75, 3.05) is 31.6 Å². The number of fused-ring (bicyclic) bond motifs is 1. The van der Waals surface area contributed by atoms with E-state index in [9.17, 15) is 9.59 Å². The molecule has 2 amide bonds. The number of rotatable bonds is 4. The molecule has 0 bridgehead atoms. The zero-order chi connectivity index (χ0) is 21.1. The van der Waals surface area contributed by atoms with Crippen LogP contribution in [-0.4, -0.2) is 43.0 Å². The van der Waals surface area contributed by atoms with E-state index in [-0.39, 0.29) is 17.6 Å². The van der Waals surface area contributed by atoms with Gasteiger partial charge in [-0.15, -0.1) is 0 Å². The second-order valence-corrected chi connectivity index (χ2v) is 7.39. The molecule has 1 aliphatic rings. The van der Waals surface area contributed by atoms with E-state index in [0.29, 0.717) is 43.0 Å². The van der Waals surface area contributed by atoms with Crippen molar-refractivity contribution in [2.45, 2.75) is 13.8 Å².